The molecule has 1 aliphatic heterocycles. The minimum absolute atomic E-state index is 0.0910. The number of carbonyl (C=O) groups excluding carboxylic acids is 1. The van der Waals surface area contributed by atoms with E-state index in [0.29, 0.717) is 17.6 Å². The molecule has 0 spiro atoms. The van der Waals surface area contributed by atoms with Crippen molar-refractivity contribution in [3.63, 3.8) is 0 Å². The summed E-state index contributed by atoms with van der Waals surface area (Å²) in [6.45, 7) is 1.17. The number of ether oxygens (including phenoxy) is 2. The van der Waals surface area contributed by atoms with E-state index >= 15 is 0 Å². The number of hydrogen-bond donors (Lipinski definition) is 0. The molecule has 1 aliphatic rings. The van der Waals surface area contributed by atoms with Crippen LogP contribution in [0.4, 0.5) is 4.39 Å². The Labute approximate surface area is 126 Å². The number of likely N-dealkylation sites (tertiary alicyclic amines) is 1. The van der Waals surface area contributed by atoms with E-state index in [2.05, 4.69) is 15.9 Å². The van der Waals surface area contributed by atoms with E-state index < -0.39 is 5.82 Å². The van der Waals surface area contributed by atoms with Crippen LogP contribution in [0.5, 0.6) is 5.75 Å². The fourth-order valence-corrected chi connectivity index (χ4v) is 2.50. The highest BCUT2D eigenvalue weighted by molar-refractivity contribution is 9.10. The summed E-state index contributed by atoms with van der Waals surface area (Å²) in [5, 5.41) is 0. The van der Waals surface area contributed by atoms with Gasteiger partial charge in [0.15, 0.2) is 18.2 Å². The number of amides is 1. The Hall–Kier alpha value is -1.14. The Balaban J connectivity index is 1.83. The van der Waals surface area contributed by atoms with Crippen LogP contribution in [0.2, 0.25) is 0 Å². The lowest BCUT2D eigenvalue weighted by atomic mass is 10.1. The molecule has 0 aromatic heterocycles. The van der Waals surface area contributed by atoms with E-state index in [0.717, 1.165) is 12.8 Å². The molecule has 20 heavy (non-hydrogen) atoms. The molecule has 1 amide bonds. The third-order valence-electron chi connectivity index (χ3n) is 3.37. The van der Waals surface area contributed by atoms with Gasteiger partial charge in [-0.1, -0.05) is 15.9 Å². The molecule has 6 heteroatoms. The molecule has 0 N–H and O–H groups in total. The Morgan fingerprint density at radius 1 is 1.45 bits per heavy atom. The van der Waals surface area contributed by atoms with E-state index in [1.54, 1.807) is 18.1 Å². The van der Waals surface area contributed by atoms with Crippen LogP contribution in [-0.2, 0) is 9.53 Å². The summed E-state index contributed by atoms with van der Waals surface area (Å²) in [5.74, 6) is -0.513. The lowest BCUT2D eigenvalue weighted by Gasteiger charge is -2.31. The van der Waals surface area contributed by atoms with Crippen molar-refractivity contribution in [3.8, 4) is 5.75 Å². The molecule has 4 nitrogen and oxygen atoms in total. The Bertz CT molecular complexity index is 475. The first-order valence-corrected chi connectivity index (χ1v) is 7.28. The molecular formula is C14H17BrFNO3. The van der Waals surface area contributed by atoms with Gasteiger partial charge in [-0.15, -0.1) is 0 Å². The molecular weight excluding hydrogens is 329 g/mol. The molecule has 2 rings (SSSR count). The lowest BCUT2D eigenvalue weighted by Crippen LogP contribution is -2.42. The van der Waals surface area contributed by atoms with Crippen LogP contribution in [0, 0.1) is 5.82 Å². The molecule has 110 valence electrons. The molecule has 0 atom stereocenters. The number of rotatable bonds is 4. The number of methoxy groups -OCH3 is 1. The summed E-state index contributed by atoms with van der Waals surface area (Å²) in [6.07, 6.45) is 1.88. The van der Waals surface area contributed by atoms with Gasteiger partial charge >= 0.3 is 0 Å². The van der Waals surface area contributed by atoms with Crippen LogP contribution >= 0.6 is 15.9 Å². The Morgan fingerprint density at radius 2 is 2.15 bits per heavy atom. The van der Waals surface area contributed by atoms with Crippen molar-refractivity contribution in [1.82, 2.24) is 4.90 Å². The average Bonchev–Trinajstić information content (AvgIpc) is 2.46. The van der Waals surface area contributed by atoms with E-state index in [4.69, 9.17) is 9.47 Å². The summed E-state index contributed by atoms with van der Waals surface area (Å²) < 4.78 is 24.7. The highest BCUT2D eigenvalue weighted by Crippen LogP contribution is 2.21. The number of piperidine rings is 1. The lowest BCUT2D eigenvalue weighted by molar-refractivity contribution is -0.135. The van der Waals surface area contributed by atoms with Gasteiger partial charge in [-0.2, -0.15) is 0 Å². The molecule has 0 saturated carbocycles. The highest BCUT2D eigenvalue weighted by Gasteiger charge is 2.22. The van der Waals surface area contributed by atoms with E-state index in [9.17, 15) is 9.18 Å². The van der Waals surface area contributed by atoms with Gasteiger partial charge in [-0.05, 0) is 31.0 Å². The second-order valence-corrected chi connectivity index (χ2v) is 5.59. The van der Waals surface area contributed by atoms with Crippen LogP contribution in [0.15, 0.2) is 22.7 Å². The normalized spacial score (nSPS) is 16.2. The van der Waals surface area contributed by atoms with Gasteiger partial charge in [-0.3, -0.25) is 4.79 Å². The predicted octanol–water partition coefficient (Wildman–Crippen LogP) is 2.60. The van der Waals surface area contributed by atoms with Crippen LogP contribution in [0.1, 0.15) is 12.8 Å². The van der Waals surface area contributed by atoms with Gasteiger partial charge in [0.05, 0.1) is 6.10 Å². The smallest absolute Gasteiger partial charge is 0.260 e. The molecule has 1 fully saturated rings. The van der Waals surface area contributed by atoms with Gasteiger partial charge < -0.3 is 14.4 Å². The number of benzene rings is 1. The van der Waals surface area contributed by atoms with Crippen molar-refractivity contribution in [2.75, 3.05) is 26.8 Å². The van der Waals surface area contributed by atoms with Crippen LogP contribution in [0.3, 0.4) is 0 Å². The van der Waals surface area contributed by atoms with Gasteiger partial charge in [0.25, 0.3) is 5.91 Å². The highest BCUT2D eigenvalue weighted by atomic mass is 79.9. The molecule has 0 radical (unpaired) electrons. The first kappa shape index (κ1) is 15.3. The second kappa shape index (κ2) is 7.04. The first-order chi connectivity index (χ1) is 9.60. The van der Waals surface area contributed by atoms with Crippen LogP contribution in [0.25, 0.3) is 0 Å². The minimum atomic E-state index is -0.481. The molecule has 1 heterocycles. The largest absolute Gasteiger partial charge is 0.481 e. The third kappa shape index (κ3) is 3.93. The monoisotopic (exact) mass is 345 g/mol. The fourth-order valence-electron chi connectivity index (χ4n) is 2.16. The van der Waals surface area contributed by atoms with Crippen molar-refractivity contribution in [2.24, 2.45) is 0 Å². The quantitative estimate of drug-likeness (QED) is 0.841. The van der Waals surface area contributed by atoms with E-state index in [1.807, 2.05) is 0 Å². The number of nitrogens with zero attached hydrogens (tertiary/aromatic N) is 1. The molecule has 0 unspecified atom stereocenters. The van der Waals surface area contributed by atoms with Gasteiger partial charge in [0.2, 0.25) is 0 Å². The first-order valence-electron chi connectivity index (χ1n) is 6.48. The van der Waals surface area contributed by atoms with E-state index in [1.165, 1.54) is 12.1 Å². The number of hydrogen-bond acceptors (Lipinski definition) is 3. The van der Waals surface area contributed by atoms with Crippen molar-refractivity contribution in [2.45, 2.75) is 18.9 Å². The minimum Gasteiger partial charge on any atom is -0.481 e. The second-order valence-electron chi connectivity index (χ2n) is 4.68. The Kier molecular flexibility index (Phi) is 5.37. The predicted molar refractivity (Wildman–Crippen MR) is 76.2 cm³/mol. The zero-order valence-electron chi connectivity index (χ0n) is 11.3. The topological polar surface area (TPSA) is 38.8 Å². The van der Waals surface area contributed by atoms with Crippen LogP contribution < -0.4 is 4.74 Å². The Morgan fingerprint density at radius 3 is 2.75 bits per heavy atom. The maximum atomic E-state index is 13.5. The maximum Gasteiger partial charge on any atom is 0.260 e. The molecule has 1 aromatic rings. The van der Waals surface area contributed by atoms with Crippen molar-refractivity contribution in [3.05, 3.63) is 28.5 Å². The summed E-state index contributed by atoms with van der Waals surface area (Å²) in [6, 6.07) is 4.49. The zero-order chi connectivity index (χ0) is 14.5. The van der Waals surface area contributed by atoms with Crippen molar-refractivity contribution in [1.29, 1.82) is 0 Å². The van der Waals surface area contributed by atoms with Crippen LogP contribution in [-0.4, -0.2) is 43.7 Å². The van der Waals surface area contributed by atoms with Gasteiger partial charge in [0, 0.05) is 24.7 Å². The summed E-state index contributed by atoms with van der Waals surface area (Å²) in [4.78, 5) is 13.7. The zero-order valence-corrected chi connectivity index (χ0v) is 12.9. The van der Waals surface area contributed by atoms with Crippen molar-refractivity contribution >= 4 is 21.8 Å². The average molecular weight is 346 g/mol. The molecule has 0 aliphatic carbocycles. The summed E-state index contributed by atoms with van der Waals surface area (Å²) >= 11 is 3.17. The summed E-state index contributed by atoms with van der Waals surface area (Å²) in [7, 11) is 1.68. The molecule has 1 saturated heterocycles. The number of halogens is 2. The fraction of sp³-hybridized carbons (Fsp3) is 0.500. The van der Waals surface area contributed by atoms with Gasteiger partial charge in [0.1, 0.15) is 0 Å². The SMILES string of the molecule is COC1CCN(C(=O)COc2ccc(Br)cc2F)CC1. The van der Waals surface area contributed by atoms with Crippen molar-refractivity contribution < 1.29 is 18.7 Å². The molecule has 0 bridgehead atoms. The molecule has 1 aromatic carbocycles. The summed E-state index contributed by atoms with van der Waals surface area (Å²) in [5.41, 5.74) is 0. The third-order valence-corrected chi connectivity index (χ3v) is 3.87. The standard InChI is InChI=1S/C14H17BrFNO3/c1-19-11-4-6-17(7-5-11)14(18)9-20-13-3-2-10(15)8-12(13)16/h2-3,8,11H,4-7,9H2,1H3. The number of carbonyl (C=O) groups is 1. The van der Waals surface area contributed by atoms with Gasteiger partial charge in [-0.25, -0.2) is 4.39 Å². The van der Waals surface area contributed by atoms with E-state index in [-0.39, 0.29) is 24.4 Å². The maximum absolute atomic E-state index is 13.5.